The van der Waals surface area contributed by atoms with Gasteiger partial charge in [-0.25, -0.2) is 0 Å². The second-order valence-corrected chi connectivity index (χ2v) is 7.43. The monoisotopic (exact) mass is 389 g/mol. The second kappa shape index (κ2) is 9.23. The van der Waals surface area contributed by atoms with Crippen LogP contribution < -0.4 is 4.90 Å². The van der Waals surface area contributed by atoms with Crippen LogP contribution in [0.4, 0.5) is 5.95 Å². The van der Waals surface area contributed by atoms with E-state index in [4.69, 9.17) is 4.74 Å². The van der Waals surface area contributed by atoms with E-state index in [-0.39, 0.29) is 11.2 Å². The highest BCUT2D eigenvalue weighted by atomic mass is 32.2. The summed E-state index contributed by atoms with van der Waals surface area (Å²) in [6.07, 6.45) is 0. The molecule has 0 bridgehead atoms. The number of morpholine rings is 1. The molecule has 0 spiro atoms. The molecule has 2 heterocycles. The van der Waals surface area contributed by atoms with Gasteiger partial charge < -0.3 is 14.5 Å². The third kappa shape index (κ3) is 4.44. The topological polar surface area (TPSA) is 63.5 Å². The van der Waals surface area contributed by atoms with E-state index in [2.05, 4.69) is 15.1 Å². The number of nitrogens with zero attached hydrogens (tertiary/aromatic N) is 5. The molecule has 0 aliphatic carbocycles. The minimum atomic E-state index is -0.341. The number of benzene rings is 1. The highest BCUT2D eigenvalue weighted by molar-refractivity contribution is 8.00. The first-order chi connectivity index (χ1) is 13.2. The molecular formula is C19H27N5O2S. The first kappa shape index (κ1) is 19.7. The summed E-state index contributed by atoms with van der Waals surface area (Å²) in [5.41, 5.74) is 0.982. The van der Waals surface area contributed by atoms with Crippen molar-refractivity contribution in [2.24, 2.45) is 7.05 Å². The zero-order valence-corrected chi connectivity index (χ0v) is 17.0. The SMILES string of the molecule is CCN(CC)C(=O)C(Sc1nnc(N2CCOCC2)n1C)c1ccccc1. The second-order valence-electron chi connectivity index (χ2n) is 6.36. The molecule has 7 nitrogen and oxygen atoms in total. The Morgan fingerprint density at radius 3 is 2.48 bits per heavy atom. The Hall–Kier alpha value is -2.06. The first-order valence-electron chi connectivity index (χ1n) is 9.38. The van der Waals surface area contributed by atoms with Gasteiger partial charge in [0.2, 0.25) is 11.9 Å². The van der Waals surface area contributed by atoms with Gasteiger partial charge in [-0.3, -0.25) is 9.36 Å². The van der Waals surface area contributed by atoms with Crippen LogP contribution in [0.15, 0.2) is 35.5 Å². The number of anilines is 1. The summed E-state index contributed by atoms with van der Waals surface area (Å²) in [5, 5.41) is 9.14. The molecule has 1 fully saturated rings. The molecule has 3 rings (SSSR count). The number of hydrogen-bond acceptors (Lipinski definition) is 6. The molecule has 27 heavy (non-hydrogen) atoms. The number of carbonyl (C=O) groups is 1. The Morgan fingerprint density at radius 2 is 1.85 bits per heavy atom. The van der Waals surface area contributed by atoms with Crippen LogP contribution in [0.5, 0.6) is 0 Å². The number of aromatic nitrogens is 3. The van der Waals surface area contributed by atoms with Gasteiger partial charge in [0, 0.05) is 33.2 Å². The fourth-order valence-corrected chi connectivity index (χ4v) is 4.23. The Labute approximate surface area is 164 Å². The minimum absolute atomic E-state index is 0.104. The summed E-state index contributed by atoms with van der Waals surface area (Å²) in [4.78, 5) is 17.2. The summed E-state index contributed by atoms with van der Waals surface area (Å²) < 4.78 is 7.39. The Bertz CT molecular complexity index is 742. The van der Waals surface area contributed by atoms with Crippen LogP contribution >= 0.6 is 11.8 Å². The lowest BCUT2D eigenvalue weighted by molar-refractivity contribution is -0.130. The van der Waals surface area contributed by atoms with Crippen LogP contribution in [0.1, 0.15) is 24.7 Å². The van der Waals surface area contributed by atoms with Gasteiger partial charge in [-0.05, 0) is 19.4 Å². The van der Waals surface area contributed by atoms with Crippen molar-refractivity contribution >= 4 is 23.6 Å². The Balaban J connectivity index is 1.86. The molecule has 0 saturated carbocycles. The van der Waals surface area contributed by atoms with Gasteiger partial charge in [0.05, 0.1) is 13.2 Å². The van der Waals surface area contributed by atoms with Gasteiger partial charge in [0.15, 0.2) is 5.16 Å². The maximum absolute atomic E-state index is 13.2. The molecule has 1 aromatic heterocycles. The zero-order valence-electron chi connectivity index (χ0n) is 16.2. The largest absolute Gasteiger partial charge is 0.378 e. The number of ether oxygens (including phenoxy) is 1. The first-order valence-corrected chi connectivity index (χ1v) is 10.3. The predicted molar refractivity (Wildman–Crippen MR) is 107 cm³/mol. The van der Waals surface area contributed by atoms with E-state index in [0.717, 1.165) is 29.8 Å². The maximum Gasteiger partial charge on any atom is 0.240 e. The molecule has 1 aliphatic rings. The van der Waals surface area contributed by atoms with Crippen molar-refractivity contribution in [3.05, 3.63) is 35.9 Å². The smallest absolute Gasteiger partial charge is 0.240 e. The normalized spacial score (nSPS) is 15.6. The van der Waals surface area contributed by atoms with Crippen LogP contribution in [-0.4, -0.2) is 65.0 Å². The van der Waals surface area contributed by atoms with Crippen LogP contribution in [0.3, 0.4) is 0 Å². The fourth-order valence-electron chi connectivity index (χ4n) is 3.14. The van der Waals surface area contributed by atoms with Crippen molar-refractivity contribution in [2.75, 3.05) is 44.3 Å². The quantitative estimate of drug-likeness (QED) is 0.678. The molecule has 1 aromatic carbocycles. The summed E-state index contributed by atoms with van der Waals surface area (Å²) in [6, 6.07) is 9.89. The van der Waals surface area contributed by atoms with Crippen LogP contribution in [-0.2, 0) is 16.6 Å². The van der Waals surface area contributed by atoms with E-state index >= 15 is 0 Å². The van der Waals surface area contributed by atoms with E-state index in [9.17, 15) is 4.79 Å². The average molecular weight is 390 g/mol. The zero-order chi connectivity index (χ0) is 19.2. The summed E-state index contributed by atoms with van der Waals surface area (Å²) in [5.74, 6) is 0.926. The molecule has 8 heteroatoms. The third-order valence-corrected chi connectivity index (χ3v) is 6.01. The number of carbonyl (C=O) groups excluding carboxylic acids is 1. The van der Waals surface area contributed by atoms with E-state index in [1.54, 1.807) is 0 Å². The standard InChI is InChI=1S/C19H27N5O2S/c1-4-23(5-2)17(25)16(15-9-7-6-8-10-15)27-19-21-20-18(22(19)3)24-11-13-26-14-12-24/h6-10,16H,4-5,11-14H2,1-3H3. The summed E-state index contributed by atoms with van der Waals surface area (Å²) >= 11 is 1.46. The van der Waals surface area contributed by atoms with Crippen LogP contribution in [0.25, 0.3) is 0 Å². The van der Waals surface area contributed by atoms with Crippen molar-refractivity contribution in [3.8, 4) is 0 Å². The van der Waals surface area contributed by atoms with Crippen molar-refractivity contribution in [2.45, 2.75) is 24.3 Å². The van der Waals surface area contributed by atoms with Crippen molar-refractivity contribution in [1.82, 2.24) is 19.7 Å². The third-order valence-electron chi connectivity index (χ3n) is 4.73. The molecule has 0 N–H and O–H groups in total. The number of thioether (sulfide) groups is 1. The molecule has 1 atom stereocenters. The lowest BCUT2D eigenvalue weighted by Crippen LogP contribution is -2.37. The average Bonchev–Trinajstić information content (AvgIpc) is 3.08. The van der Waals surface area contributed by atoms with E-state index in [1.807, 2.05) is 60.7 Å². The van der Waals surface area contributed by atoms with Crippen LogP contribution in [0, 0.1) is 0 Å². The van der Waals surface area contributed by atoms with Gasteiger partial charge in [-0.1, -0.05) is 42.1 Å². The molecule has 1 amide bonds. The van der Waals surface area contributed by atoms with Crippen molar-refractivity contribution in [1.29, 1.82) is 0 Å². The highest BCUT2D eigenvalue weighted by Gasteiger charge is 2.28. The van der Waals surface area contributed by atoms with E-state index in [0.29, 0.717) is 26.3 Å². The lowest BCUT2D eigenvalue weighted by Gasteiger charge is -2.27. The molecule has 1 saturated heterocycles. The summed E-state index contributed by atoms with van der Waals surface area (Å²) in [6.45, 7) is 8.40. The van der Waals surface area contributed by atoms with Gasteiger partial charge in [0.1, 0.15) is 5.25 Å². The number of hydrogen-bond donors (Lipinski definition) is 0. The molecule has 0 radical (unpaired) electrons. The van der Waals surface area contributed by atoms with Gasteiger partial charge >= 0.3 is 0 Å². The molecule has 1 aliphatic heterocycles. The molecule has 146 valence electrons. The number of likely N-dealkylation sites (N-methyl/N-ethyl adjacent to an activating group) is 1. The van der Waals surface area contributed by atoms with Gasteiger partial charge in [-0.15, -0.1) is 10.2 Å². The summed E-state index contributed by atoms with van der Waals surface area (Å²) in [7, 11) is 1.96. The van der Waals surface area contributed by atoms with Crippen molar-refractivity contribution < 1.29 is 9.53 Å². The fraction of sp³-hybridized carbons (Fsp3) is 0.526. The van der Waals surface area contributed by atoms with E-state index < -0.39 is 0 Å². The number of amides is 1. The minimum Gasteiger partial charge on any atom is -0.378 e. The lowest BCUT2D eigenvalue weighted by atomic mass is 10.1. The van der Waals surface area contributed by atoms with Crippen molar-refractivity contribution in [3.63, 3.8) is 0 Å². The molecule has 1 unspecified atom stereocenters. The van der Waals surface area contributed by atoms with E-state index in [1.165, 1.54) is 11.8 Å². The predicted octanol–water partition coefficient (Wildman–Crippen LogP) is 2.35. The maximum atomic E-state index is 13.2. The van der Waals surface area contributed by atoms with Gasteiger partial charge in [0.25, 0.3) is 0 Å². The Morgan fingerprint density at radius 1 is 1.19 bits per heavy atom. The molecule has 2 aromatic rings. The Kier molecular flexibility index (Phi) is 6.73. The highest BCUT2D eigenvalue weighted by Crippen LogP contribution is 2.36. The van der Waals surface area contributed by atoms with Crippen LogP contribution in [0.2, 0.25) is 0 Å². The van der Waals surface area contributed by atoms with Gasteiger partial charge in [-0.2, -0.15) is 0 Å². The molecular weight excluding hydrogens is 362 g/mol. The number of rotatable bonds is 7.